The van der Waals surface area contributed by atoms with Gasteiger partial charge in [-0.05, 0) is 40.7 Å². The number of hydrogen-bond acceptors (Lipinski definition) is 3. The molecule has 0 radical (unpaired) electrons. The average Bonchev–Trinajstić information content (AvgIpc) is 2.61. The van der Waals surface area contributed by atoms with Gasteiger partial charge in [-0.15, -0.1) is 0 Å². The molecule has 0 aliphatic rings. The molecule has 1 aromatic heterocycles. The number of carbonyl (C=O) groups excluding carboxylic acids is 1. The maximum Gasteiger partial charge on any atom is 0.237 e. The standard InChI is InChI=1S/C13H24N4O/c1-9(11-7-8-14-17(11)6)15-10(2)12(18)16-13(3,4)5/h7-10,15H,1-6H3,(H,16,18). The Hall–Kier alpha value is -1.36. The molecule has 1 rings (SSSR count). The second kappa shape index (κ2) is 5.52. The summed E-state index contributed by atoms with van der Waals surface area (Å²) in [6, 6.07) is 1.79. The lowest BCUT2D eigenvalue weighted by Crippen LogP contribution is -2.50. The normalized spacial score (nSPS) is 15.2. The summed E-state index contributed by atoms with van der Waals surface area (Å²) in [7, 11) is 1.90. The summed E-state index contributed by atoms with van der Waals surface area (Å²) in [5.41, 5.74) is 0.855. The van der Waals surface area contributed by atoms with Gasteiger partial charge >= 0.3 is 0 Å². The van der Waals surface area contributed by atoms with Crippen LogP contribution in [0, 0.1) is 0 Å². The van der Waals surface area contributed by atoms with E-state index in [0.29, 0.717) is 0 Å². The van der Waals surface area contributed by atoms with Gasteiger partial charge in [-0.25, -0.2) is 0 Å². The Morgan fingerprint density at radius 2 is 2.00 bits per heavy atom. The fraction of sp³-hybridized carbons (Fsp3) is 0.692. The van der Waals surface area contributed by atoms with Crippen molar-refractivity contribution in [3.8, 4) is 0 Å². The van der Waals surface area contributed by atoms with Crippen LogP contribution in [0.15, 0.2) is 12.3 Å². The zero-order valence-corrected chi connectivity index (χ0v) is 12.1. The van der Waals surface area contributed by atoms with Gasteiger partial charge in [0.05, 0.1) is 11.7 Å². The van der Waals surface area contributed by atoms with Crippen LogP contribution in [0.4, 0.5) is 0 Å². The highest BCUT2D eigenvalue weighted by molar-refractivity contribution is 5.81. The molecule has 2 N–H and O–H groups in total. The fourth-order valence-corrected chi connectivity index (χ4v) is 1.82. The molecule has 5 nitrogen and oxygen atoms in total. The molecule has 1 amide bonds. The molecule has 0 aromatic carbocycles. The minimum Gasteiger partial charge on any atom is -0.350 e. The molecule has 0 spiro atoms. The number of nitrogens with zero attached hydrogens (tertiary/aromatic N) is 2. The van der Waals surface area contributed by atoms with Crippen molar-refractivity contribution in [2.75, 3.05) is 0 Å². The maximum absolute atomic E-state index is 12.0. The monoisotopic (exact) mass is 252 g/mol. The van der Waals surface area contributed by atoms with Gasteiger partial charge in [0.15, 0.2) is 0 Å². The van der Waals surface area contributed by atoms with Crippen molar-refractivity contribution in [1.82, 2.24) is 20.4 Å². The Labute approximate surface area is 109 Å². The van der Waals surface area contributed by atoms with Crippen LogP contribution in [0.2, 0.25) is 0 Å². The second-order valence-electron chi connectivity index (χ2n) is 5.73. The fourth-order valence-electron chi connectivity index (χ4n) is 1.82. The zero-order valence-electron chi connectivity index (χ0n) is 12.1. The molecular weight excluding hydrogens is 228 g/mol. The van der Waals surface area contributed by atoms with Crippen LogP contribution in [0.5, 0.6) is 0 Å². The summed E-state index contributed by atoms with van der Waals surface area (Å²) >= 11 is 0. The highest BCUT2D eigenvalue weighted by Gasteiger charge is 2.21. The summed E-state index contributed by atoms with van der Waals surface area (Å²) in [5.74, 6) is 0.0107. The zero-order chi connectivity index (χ0) is 13.9. The van der Waals surface area contributed by atoms with Crippen molar-refractivity contribution in [3.63, 3.8) is 0 Å². The second-order valence-corrected chi connectivity index (χ2v) is 5.73. The SMILES string of the molecule is CC(NC(C)c1ccnn1C)C(=O)NC(C)(C)C. The van der Waals surface area contributed by atoms with Crippen molar-refractivity contribution in [2.45, 2.75) is 52.2 Å². The van der Waals surface area contributed by atoms with E-state index in [-0.39, 0.29) is 23.5 Å². The third kappa shape index (κ3) is 4.14. The smallest absolute Gasteiger partial charge is 0.237 e. The number of amides is 1. The molecule has 0 saturated carbocycles. The lowest BCUT2D eigenvalue weighted by atomic mass is 10.1. The molecule has 1 heterocycles. The minimum atomic E-state index is -0.242. The molecule has 0 saturated heterocycles. The van der Waals surface area contributed by atoms with E-state index in [1.807, 2.05) is 52.4 Å². The lowest BCUT2D eigenvalue weighted by Gasteiger charge is -2.25. The van der Waals surface area contributed by atoms with Crippen LogP contribution in [-0.4, -0.2) is 27.3 Å². The van der Waals surface area contributed by atoms with Gasteiger partial charge in [0.1, 0.15) is 0 Å². The molecule has 0 bridgehead atoms. The molecule has 5 heteroatoms. The highest BCUT2D eigenvalue weighted by atomic mass is 16.2. The van der Waals surface area contributed by atoms with Gasteiger partial charge in [-0.2, -0.15) is 5.10 Å². The first-order valence-electron chi connectivity index (χ1n) is 6.26. The third-order valence-corrected chi connectivity index (χ3v) is 2.69. The lowest BCUT2D eigenvalue weighted by molar-refractivity contribution is -0.124. The van der Waals surface area contributed by atoms with E-state index in [4.69, 9.17) is 0 Å². The highest BCUT2D eigenvalue weighted by Crippen LogP contribution is 2.11. The maximum atomic E-state index is 12.0. The third-order valence-electron chi connectivity index (χ3n) is 2.69. The molecule has 102 valence electrons. The Morgan fingerprint density at radius 3 is 2.44 bits per heavy atom. The van der Waals surface area contributed by atoms with E-state index in [9.17, 15) is 4.79 Å². The molecule has 0 aliphatic carbocycles. The van der Waals surface area contributed by atoms with Crippen LogP contribution < -0.4 is 10.6 Å². The quantitative estimate of drug-likeness (QED) is 0.851. The van der Waals surface area contributed by atoms with Crippen molar-refractivity contribution in [2.24, 2.45) is 7.05 Å². The predicted molar refractivity (Wildman–Crippen MR) is 72.1 cm³/mol. The van der Waals surface area contributed by atoms with Crippen molar-refractivity contribution in [3.05, 3.63) is 18.0 Å². The van der Waals surface area contributed by atoms with Crippen molar-refractivity contribution in [1.29, 1.82) is 0 Å². The van der Waals surface area contributed by atoms with Crippen LogP contribution in [0.1, 0.15) is 46.4 Å². The Bertz CT molecular complexity index is 405. The van der Waals surface area contributed by atoms with Gasteiger partial charge in [-0.3, -0.25) is 14.8 Å². The van der Waals surface area contributed by atoms with E-state index in [1.54, 1.807) is 6.20 Å². The van der Waals surface area contributed by atoms with Crippen LogP contribution in [0.3, 0.4) is 0 Å². The van der Waals surface area contributed by atoms with Gasteiger partial charge < -0.3 is 5.32 Å². The van der Waals surface area contributed by atoms with Crippen LogP contribution >= 0.6 is 0 Å². The molecule has 2 atom stereocenters. The Balaban J connectivity index is 2.57. The summed E-state index contributed by atoms with van der Waals surface area (Å²) in [5, 5.41) is 10.4. The number of hydrogen-bond donors (Lipinski definition) is 2. The first-order chi connectivity index (χ1) is 8.20. The van der Waals surface area contributed by atoms with E-state index < -0.39 is 0 Å². The first-order valence-corrected chi connectivity index (χ1v) is 6.26. The van der Waals surface area contributed by atoms with Crippen LogP contribution in [-0.2, 0) is 11.8 Å². The van der Waals surface area contributed by atoms with E-state index in [1.165, 1.54) is 0 Å². The van der Waals surface area contributed by atoms with Gasteiger partial charge in [0, 0.05) is 24.8 Å². The summed E-state index contributed by atoms with van der Waals surface area (Å²) in [6.07, 6.45) is 1.76. The number of aryl methyl sites for hydroxylation is 1. The van der Waals surface area contributed by atoms with Crippen LogP contribution in [0.25, 0.3) is 0 Å². The van der Waals surface area contributed by atoms with E-state index in [2.05, 4.69) is 15.7 Å². The number of aromatic nitrogens is 2. The molecule has 0 fully saturated rings. The van der Waals surface area contributed by atoms with Gasteiger partial charge in [0.25, 0.3) is 0 Å². The summed E-state index contributed by atoms with van der Waals surface area (Å²) < 4.78 is 1.81. The molecule has 1 aromatic rings. The summed E-state index contributed by atoms with van der Waals surface area (Å²) in [4.78, 5) is 12.0. The number of nitrogens with one attached hydrogen (secondary N) is 2. The average molecular weight is 252 g/mol. The molecule has 0 aliphatic heterocycles. The predicted octanol–water partition coefficient (Wildman–Crippen LogP) is 1.37. The van der Waals surface area contributed by atoms with Gasteiger partial charge in [0.2, 0.25) is 5.91 Å². The molecular formula is C13H24N4O. The topological polar surface area (TPSA) is 59.0 Å². The van der Waals surface area contributed by atoms with Gasteiger partial charge in [-0.1, -0.05) is 0 Å². The molecule has 2 unspecified atom stereocenters. The van der Waals surface area contributed by atoms with E-state index >= 15 is 0 Å². The number of rotatable bonds is 4. The Morgan fingerprint density at radius 1 is 1.39 bits per heavy atom. The van der Waals surface area contributed by atoms with Crippen molar-refractivity contribution < 1.29 is 4.79 Å². The minimum absolute atomic E-state index is 0.0107. The Kier molecular flexibility index (Phi) is 4.51. The van der Waals surface area contributed by atoms with Crippen molar-refractivity contribution >= 4 is 5.91 Å². The summed E-state index contributed by atoms with van der Waals surface area (Å²) in [6.45, 7) is 9.82. The largest absolute Gasteiger partial charge is 0.350 e. The molecule has 18 heavy (non-hydrogen) atoms. The first kappa shape index (κ1) is 14.7. The number of carbonyl (C=O) groups is 1. The van der Waals surface area contributed by atoms with E-state index in [0.717, 1.165) is 5.69 Å².